The number of aliphatic hydroxyl groups is 1. The third-order valence-electron chi connectivity index (χ3n) is 20.8. The van der Waals surface area contributed by atoms with E-state index in [0.29, 0.717) is 39.4 Å². The first-order chi connectivity index (χ1) is 59.8. The van der Waals surface area contributed by atoms with E-state index in [0.717, 1.165) is 20.9 Å². The number of aromatic amines is 1. The van der Waals surface area contributed by atoms with Gasteiger partial charge in [-0.05, 0) is 95.4 Å². The number of aliphatic hydroxyl groups excluding tert-OH is 1. The zero-order valence-corrected chi connectivity index (χ0v) is 74.2. The summed E-state index contributed by atoms with van der Waals surface area (Å²) in [5.41, 5.74) is 14.4. The fraction of sp³-hybridized carbons (Fsp3) is 0.494. The molecular weight excluding hydrogens is 1670 g/mol. The summed E-state index contributed by atoms with van der Waals surface area (Å²) in [6.45, 7) is 14.8. The van der Waals surface area contributed by atoms with Gasteiger partial charge in [0.05, 0.1) is 38.3 Å². The van der Waals surface area contributed by atoms with Crippen LogP contribution in [0, 0.1) is 29.6 Å². The molecule has 21 N–H and O–H groups in total. The van der Waals surface area contributed by atoms with Crippen LogP contribution in [0.2, 0.25) is 0 Å². The van der Waals surface area contributed by atoms with E-state index in [9.17, 15) is 82.4 Å². The van der Waals surface area contributed by atoms with Crippen molar-refractivity contribution >= 4 is 129 Å². The van der Waals surface area contributed by atoms with Crippen LogP contribution in [0.25, 0.3) is 22.0 Å². The molecule has 1 aliphatic heterocycles. The Morgan fingerprint density at radius 3 is 1.42 bits per heavy atom. The number of benzene rings is 4. The number of carboxylic acid groups (broad SMARTS) is 1. The SMILES string of the molecule is CC(C)C[C@@H]1NC(=O)[C@H](Cc2c[nH]c3ccccc23)NC(=O)[C@H](CC(=O)O)NC(=O)[C@H](Cc2ccc(O)cc2)NC(=O)[C@H](C(C)C)NC(=O)CSC[C@@H](C(=O)NCC(N)=O)NC(=O)[C@H](CO)NC(=O)[C@H](C(C)C)NC(=O)[C@H](CC(C)C)NC(=O)[C@H](CC(N)=O)NC(=O)CN(C)C(=O)[C@H](C)N(C)C(=O)[C@H](C(C)C)NC(=O)[C@H](Cc2ccc(-c3ccccc3)cc2)NC1=O. The number of aromatic nitrogens is 1. The summed E-state index contributed by atoms with van der Waals surface area (Å²) in [4.78, 5) is 261. The van der Waals surface area contributed by atoms with E-state index in [-0.39, 0.29) is 43.3 Å². The van der Waals surface area contributed by atoms with Crippen molar-refractivity contribution in [1.29, 1.82) is 0 Å². The van der Waals surface area contributed by atoms with Crippen LogP contribution in [0.4, 0.5) is 0 Å². The second-order valence-electron chi connectivity index (χ2n) is 33.3. The predicted molar refractivity (Wildman–Crippen MR) is 469 cm³/mol. The van der Waals surface area contributed by atoms with Crippen molar-refractivity contribution in [3.63, 3.8) is 0 Å². The number of H-pyrrole nitrogens is 1. The van der Waals surface area contributed by atoms with Gasteiger partial charge in [0.2, 0.25) is 100 Å². The number of carbonyl (C=O) groups is 18. The van der Waals surface area contributed by atoms with Crippen LogP contribution in [-0.2, 0) is 106 Å². The summed E-state index contributed by atoms with van der Waals surface area (Å²) in [5.74, 6) is -23.3. The van der Waals surface area contributed by atoms with Crippen molar-refractivity contribution in [3.8, 4) is 16.9 Å². The lowest BCUT2D eigenvalue weighted by atomic mass is 9.97. The second-order valence-corrected chi connectivity index (χ2v) is 34.3. The molecule has 690 valence electrons. The number of fused-ring (bicyclic) bond motifs is 1. The zero-order chi connectivity index (χ0) is 94.4. The van der Waals surface area contributed by atoms with Crippen LogP contribution in [0.3, 0.4) is 0 Å². The van der Waals surface area contributed by atoms with Crippen LogP contribution in [0.15, 0.2) is 109 Å². The molecule has 0 radical (unpaired) electrons. The minimum Gasteiger partial charge on any atom is -0.508 e. The molecule has 2 heterocycles. The number of hydrogen-bond acceptors (Lipinski definition) is 21. The van der Waals surface area contributed by atoms with Crippen LogP contribution in [0.5, 0.6) is 5.75 Å². The smallest absolute Gasteiger partial charge is 0.305 e. The maximum atomic E-state index is 15.3. The van der Waals surface area contributed by atoms with E-state index in [1.54, 1.807) is 96.3 Å². The molecule has 0 bridgehead atoms. The summed E-state index contributed by atoms with van der Waals surface area (Å²) in [6.07, 6.45) is -1.63. The topological polar surface area (TPSA) is 599 Å². The van der Waals surface area contributed by atoms with Crippen LogP contribution in [0.1, 0.15) is 119 Å². The van der Waals surface area contributed by atoms with E-state index in [1.807, 2.05) is 30.3 Å². The molecule has 1 aromatic heterocycles. The Morgan fingerprint density at radius 2 is 0.898 bits per heavy atom. The number of hydrogen-bond donors (Lipinski definition) is 19. The zero-order valence-electron chi connectivity index (χ0n) is 73.4. The summed E-state index contributed by atoms with van der Waals surface area (Å²) in [7, 11) is 2.47. The minimum atomic E-state index is -2.04. The lowest BCUT2D eigenvalue weighted by Gasteiger charge is -2.33. The molecule has 1 aliphatic rings. The lowest BCUT2D eigenvalue weighted by molar-refractivity contribution is -0.147. The molecule has 4 aromatic carbocycles. The fourth-order valence-corrected chi connectivity index (χ4v) is 14.6. The number of carboxylic acids is 1. The summed E-state index contributed by atoms with van der Waals surface area (Å²) >= 11 is 0.707. The lowest BCUT2D eigenvalue weighted by Crippen LogP contribution is -2.61. The molecule has 6 rings (SSSR count). The van der Waals surface area contributed by atoms with Crippen molar-refractivity contribution in [2.24, 2.45) is 41.1 Å². The van der Waals surface area contributed by atoms with Crippen molar-refractivity contribution in [2.75, 3.05) is 45.3 Å². The summed E-state index contributed by atoms with van der Waals surface area (Å²) < 4.78 is 0. The van der Waals surface area contributed by atoms with Gasteiger partial charge in [-0.15, -0.1) is 11.8 Å². The second kappa shape index (κ2) is 49.0. The normalized spacial score (nSPS) is 23.4. The molecule has 127 heavy (non-hydrogen) atoms. The number of aliphatic carboxylic acids is 1. The Bertz CT molecular complexity index is 4740. The van der Waals surface area contributed by atoms with Gasteiger partial charge in [-0.3, -0.25) is 86.3 Å². The molecule has 5 aromatic rings. The summed E-state index contributed by atoms with van der Waals surface area (Å²) in [5, 5.41) is 64.7. The van der Waals surface area contributed by atoms with Gasteiger partial charge >= 0.3 is 5.97 Å². The van der Waals surface area contributed by atoms with Gasteiger partial charge in [0.1, 0.15) is 84.3 Å². The largest absolute Gasteiger partial charge is 0.508 e. The van der Waals surface area contributed by atoms with Gasteiger partial charge in [0, 0.05) is 56.2 Å². The first kappa shape index (κ1) is 103. The maximum Gasteiger partial charge on any atom is 0.305 e. The van der Waals surface area contributed by atoms with Gasteiger partial charge in [0.25, 0.3) is 0 Å². The first-order valence-corrected chi connectivity index (χ1v) is 42.9. The predicted octanol–water partition coefficient (Wildman–Crippen LogP) is -1.56. The first-order valence-electron chi connectivity index (χ1n) is 41.7. The van der Waals surface area contributed by atoms with E-state index in [4.69, 9.17) is 11.5 Å². The number of phenols is 1. The number of para-hydroxylation sites is 1. The quantitative estimate of drug-likeness (QED) is 0.0373. The highest BCUT2D eigenvalue weighted by Gasteiger charge is 2.41. The highest BCUT2D eigenvalue weighted by atomic mass is 32.2. The number of phenolic OH excluding ortho intramolecular Hbond substituents is 1. The summed E-state index contributed by atoms with van der Waals surface area (Å²) in [6, 6.07) is 7.45. The number of thioether (sulfide) groups is 1. The Kier molecular flexibility index (Phi) is 39.7. The van der Waals surface area contributed by atoms with E-state index >= 15 is 19.2 Å². The van der Waals surface area contributed by atoms with Gasteiger partial charge in [0.15, 0.2) is 0 Å². The van der Waals surface area contributed by atoms with Crippen molar-refractivity contribution in [1.82, 2.24) is 83.9 Å². The standard InChI is InChI=1S/C87H120N18O21S/c1-44(2)31-58-76(115)95-61(33-50-23-27-53(28-24-50)52-19-15-14-16-20-52)82(121)103-74(48(9)10)87(126)105(13)49(11)86(125)104(12)40-69(110)92-63(36-67(88)108)79(118)94-59(32-45(3)4)81(120)102-73(47(7)8)85(124)99-65(41-106)83(122)100-66(75(114)91-39-68(89)109)42-127-43-70(111)101-72(46(5)6)84(123)98-60(34-51-25-29-55(107)30-26-51)77(116)97-64(37-71(112)113)80(119)96-62(78(117)93-58)35-54-38-90-57-22-18-17-21-56(54)57/h14-30,38,44-49,58-66,72-74,90,106-107H,31-37,39-43H2,1-13H3,(H2,88,108)(H2,89,109)(H,91,114)(H,92,110)(H,93,117)(H,94,118)(H,95,115)(H,96,119)(H,97,116)(H,98,123)(H,99,124)(H,100,122)(H,101,111)(H,102,120)(H,103,121)(H,112,113)/t49-,58-,59-,60-,61-,62-,63-,64-,65-,66-,72-,73-,74-/m0/s1. The average molecular weight is 1790 g/mol. The number of nitrogens with zero attached hydrogens (tertiary/aromatic N) is 2. The number of primary amides is 2. The number of nitrogens with one attached hydrogen (secondary N) is 14. The molecule has 0 saturated carbocycles. The Hall–Kier alpha value is -13.0. The van der Waals surface area contributed by atoms with E-state index < -0.39 is 253 Å². The van der Waals surface area contributed by atoms with Gasteiger partial charge < -0.3 is 111 Å². The third-order valence-corrected chi connectivity index (χ3v) is 21.8. The van der Waals surface area contributed by atoms with Crippen molar-refractivity contribution in [2.45, 2.75) is 200 Å². The monoisotopic (exact) mass is 1780 g/mol. The third kappa shape index (κ3) is 32.2. The molecule has 13 atom stereocenters. The van der Waals surface area contributed by atoms with E-state index in [2.05, 4.69) is 74.1 Å². The molecular formula is C87H120N18O21S. The highest BCUT2D eigenvalue weighted by molar-refractivity contribution is 8.00. The molecule has 0 unspecified atom stereocenters. The number of likely N-dealkylation sites (N-methyl/N-ethyl adjacent to an activating group) is 2. The van der Waals surface area contributed by atoms with E-state index in [1.165, 1.54) is 73.0 Å². The molecule has 0 aliphatic carbocycles. The number of amides is 17. The average Bonchev–Trinajstić information content (AvgIpc) is 1.75. The molecule has 40 heteroatoms. The number of rotatable bonds is 22. The number of nitrogens with two attached hydrogens (primary N) is 2. The van der Waals surface area contributed by atoms with Crippen LogP contribution < -0.4 is 80.6 Å². The minimum absolute atomic E-state index is 0.114. The van der Waals surface area contributed by atoms with Gasteiger partial charge in [-0.2, -0.15) is 0 Å². The van der Waals surface area contributed by atoms with Gasteiger partial charge in [-0.25, -0.2) is 0 Å². The molecule has 17 amide bonds. The molecule has 39 nitrogen and oxygen atoms in total. The van der Waals surface area contributed by atoms with Crippen LogP contribution >= 0.6 is 11.8 Å². The van der Waals surface area contributed by atoms with Gasteiger partial charge in [-0.1, -0.05) is 154 Å². The van der Waals surface area contributed by atoms with Crippen molar-refractivity contribution < 1.29 is 102 Å². The Balaban J connectivity index is 1.44. The maximum absolute atomic E-state index is 15.3. The molecule has 0 spiro atoms. The Morgan fingerprint density at radius 1 is 0.465 bits per heavy atom. The van der Waals surface area contributed by atoms with Crippen LogP contribution in [-0.4, -0.2) is 260 Å². The number of aromatic hydroxyl groups is 1. The molecule has 1 saturated heterocycles. The Labute approximate surface area is 740 Å². The fourth-order valence-electron chi connectivity index (χ4n) is 13.8. The number of carbonyl (C=O) groups excluding carboxylic acids is 17. The van der Waals surface area contributed by atoms with Crippen molar-refractivity contribution in [3.05, 3.63) is 126 Å². The highest BCUT2D eigenvalue weighted by Crippen LogP contribution is 2.24. The molecule has 1 fully saturated rings.